The van der Waals surface area contributed by atoms with Crippen molar-refractivity contribution in [1.29, 1.82) is 0 Å². The minimum atomic E-state index is -3.61. The first-order chi connectivity index (χ1) is 12.9. The molecule has 7 heteroatoms. The van der Waals surface area contributed by atoms with E-state index in [9.17, 15) is 13.2 Å². The number of carbonyl (C=O) groups is 1. The molecule has 2 aromatic carbocycles. The number of carbonyl (C=O) groups excluding carboxylic acids is 1. The molecule has 2 rings (SSSR count). The summed E-state index contributed by atoms with van der Waals surface area (Å²) in [5, 5.41) is 2.93. The highest BCUT2D eigenvalue weighted by molar-refractivity contribution is 9.10. The first-order valence-corrected chi connectivity index (χ1v) is 11.6. The molecule has 0 bridgehead atoms. The summed E-state index contributed by atoms with van der Waals surface area (Å²) in [7, 11) is -3.61. The van der Waals surface area contributed by atoms with Crippen LogP contribution in [0.4, 0.5) is 5.69 Å². The van der Waals surface area contributed by atoms with Crippen LogP contribution >= 0.6 is 15.9 Å². The Labute approximate surface area is 176 Å². The number of halogens is 1. The van der Waals surface area contributed by atoms with Crippen LogP contribution in [-0.2, 0) is 14.8 Å². The van der Waals surface area contributed by atoms with Gasteiger partial charge >= 0.3 is 0 Å². The molecule has 0 unspecified atom stereocenters. The highest BCUT2D eigenvalue weighted by Crippen LogP contribution is 2.25. The van der Waals surface area contributed by atoms with E-state index in [1.165, 1.54) is 5.56 Å². The Bertz CT molecular complexity index is 1000. The number of nitrogens with zero attached hydrogens (tertiary/aromatic N) is 1. The van der Waals surface area contributed by atoms with Crippen LogP contribution in [0.15, 0.2) is 34.8 Å². The molecule has 0 radical (unpaired) electrons. The molecule has 1 atom stereocenters. The maximum atomic E-state index is 12.6. The molecule has 152 valence electrons. The molecule has 0 heterocycles. The molecule has 0 spiro atoms. The Hall–Kier alpha value is -1.86. The van der Waals surface area contributed by atoms with Crippen LogP contribution in [-0.4, -0.2) is 27.1 Å². The molecule has 2 aromatic rings. The van der Waals surface area contributed by atoms with Crippen LogP contribution in [0.25, 0.3) is 0 Å². The SMILES string of the molecule is Cc1cc(C)c([C@H](C)NC(=O)CN(c2ccc(Br)c(C)c2)S(C)(=O)=O)cc1C. The molecule has 0 saturated heterocycles. The highest BCUT2D eigenvalue weighted by Gasteiger charge is 2.22. The van der Waals surface area contributed by atoms with Gasteiger partial charge in [0.25, 0.3) is 0 Å². The van der Waals surface area contributed by atoms with Crippen LogP contribution in [0, 0.1) is 27.7 Å². The van der Waals surface area contributed by atoms with Gasteiger partial charge in [-0.15, -0.1) is 0 Å². The van der Waals surface area contributed by atoms with Crippen LogP contribution < -0.4 is 9.62 Å². The molecule has 0 fully saturated rings. The average molecular weight is 467 g/mol. The van der Waals surface area contributed by atoms with E-state index in [1.54, 1.807) is 18.2 Å². The minimum absolute atomic E-state index is 0.222. The molecule has 1 amide bonds. The van der Waals surface area contributed by atoms with E-state index < -0.39 is 10.0 Å². The van der Waals surface area contributed by atoms with Gasteiger partial charge in [0.2, 0.25) is 15.9 Å². The lowest BCUT2D eigenvalue weighted by Crippen LogP contribution is -2.41. The Kier molecular flexibility index (Phi) is 6.93. The Balaban J connectivity index is 2.22. The van der Waals surface area contributed by atoms with Crippen molar-refractivity contribution in [3.05, 3.63) is 62.6 Å². The number of amides is 1. The van der Waals surface area contributed by atoms with Crippen LogP contribution in [0.3, 0.4) is 0 Å². The second-order valence-electron chi connectivity index (χ2n) is 7.29. The second-order valence-corrected chi connectivity index (χ2v) is 10.0. The van der Waals surface area contributed by atoms with Crippen LogP contribution in [0.2, 0.25) is 0 Å². The Morgan fingerprint density at radius 2 is 1.64 bits per heavy atom. The standard InChI is InChI=1S/C21H27BrN2O3S/c1-13-9-15(3)19(11-14(13)2)17(5)23-21(25)12-24(28(6,26)27)18-7-8-20(22)16(4)10-18/h7-11,17H,12H2,1-6H3,(H,23,25)/t17-/m0/s1. The number of hydrogen-bond donors (Lipinski definition) is 1. The fourth-order valence-electron chi connectivity index (χ4n) is 3.13. The molecule has 0 aliphatic rings. The summed E-state index contributed by atoms with van der Waals surface area (Å²) in [6.45, 7) is 9.61. The van der Waals surface area contributed by atoms with Gasteiger partial charge in [-0.25, -0.2) is 8.42 Å². The van der Waals surface area contributed by atoms with Gasteiger partial charge in [-0.05, 0) is 80.6 Å². The Morgan fingerprint density at radius 1 is 1.04 bits per heavy atom. The molecule has 0 saturated carbocycles. The fourth-order valence-corrected chi connectivity index (χ4v) is 4.22. The molecule has 0 aliphatic carbocycles. The van der Waals surface area contributed by atoms with Gasteiger partial charge in [0.05, 0.1) is 18.0 Å². The van der Waals surface area contributed by atoms with Crippen LogP contribution in [0.5, 0.6) is 0 Å². The third kappa shape index (κ3) is 5.35. The molecular weight excluding hydrogens is 440 g/mol. The predicted octanol–water partition coefficient (Wildman–Crippen LogP) is 4.33. The zero-order valence-electron chi connectivity index (χ0n) is 17.1. The highest BCUT2D eigenvalue weighted by atomic mass is 79.9. The van der Waals surface area contributed by atoms with Crippen molar-refractivity contribution in [3.63, 3.8) is 0 Å². The van der Waals surface area contributed by atoms with Gasteiger partial charge in [-0.2, -0.15) is 0 Å². The number of nitrogens with one attached hydrogen (secondary N) is 1. The summed E-state index contributed by atoms with van der Waals surface area (Å²) in [6.07, 6.45) is 1.11. The molecule has 5 nitrogen and oxygen atoms in total. The topological polar surface area (TPSA) is 66.5 Å². The van der Waals surface area contributed by atoms with Gasteiger partial charge < -0.3 is 5.32 Å². The zero-order chi connectivity index (χ0) is 21.2. The van der Waals surface area contributed by atoms with E-state index in [1.807, 2.05) is 27.7 Å². The van der Waals surface area contributed by atoms with Gasteiger partial charge in [0, 0.05) is 4.47 Å². The fraction of sp³-hybridized carbons (Fsp3) is 0.381. The lowest BCUT2D eigenvalue weighted by Gasteiger charge is -2.24. The normalized spacial score (nSPS) is 12.5. The average Bonchev–Trinajstić information content (AvgIpc) is 2.57. The Morgan fingerprint density at radius 3 is 2.21 bits per heavy atom. The van der Waals surface area contributed by atoms with E-state index in [0.717, 1.165) is 37.3 Å². The second kappa shape index (κ2) is 8.66. The molecule has 1 N–H and O–H groups in total. The zero-order valence-corrected chi connectivity index (χ0v) is 19.5. The van der Waals surface area contributed by atoms with E-state index in [2.05, 4.69) is 40.3 Å². The van der Waals surface area contributed by atoms with E-state index in [4.69, 9.17) is 0 Å². The van der Waals surface area contributed by atoms with E-state index >= 15 is 0 Å². The monoisotopic (exact) mass is 466 g/mol. The van der Waals surface area contributed by atoms with Gasteiger partial charge in [-0.3, -0.25) is 9.10 Å². The summed E-state index contributed by atoms with van der Waals surface area (Å²) in [5.41, 5.74) is 5.85. The number of sulfonamides is 1. The van der Waals surface area contributed by atoms with Crippen molar-refractivity contribution in [3.8, 4) is 0 Å². The summed E-state index contributed by atoms with van der Waals surface area (Å²) < 4.78 is 26.6. The smallest absolute Gasteiger partial charge is 0.241 e. The largest absolute Gasteiger partial charge is 0.348 e. The molecular formula is C21H27BrN2O3S. The summed E-state index contributed by atoms with van der Waals surface area (Å²) in [5.74, 6) is -0.351. The van der Waals surface area contributed by atoms with Gasteiger partial charge in [0.15, 0.2) is 0 Å². The first-order valence-electron chi connectivity index (χ1n) is 9.01. The third-order valence-electron chi connectivity index (χ3n) is 4.84. The number of hydrogen-bond acceptors (Lipinski definition) is 3. The van der Waals surface area contributed by atoms with Crippen molar-refractivity contribution in [2.45, 2.75) is 40.7 Å². The van der Waals surface area contributed by atoms with Crippen molar-refractivity contribution < 1.29 is 13.2 Å². The van der Waals surface area contributed by atoms with Crippen molar-refractivity contribution in [1.82, 2.24) is 5.32 Å². The molecule has 0 aromatic heterocycles. The maximum Gasteiger partial charge on any atom is 0.241 e. The lowest BCUT2D eigenvalue weighted by atomic mass is 9.96. The van der Waals surface area contributed by atoms with E-state index in [0.29, 0.717) is 5.69 Å². The summed E-state index contributed by atoms with van der Waals surface area (Å²) >= 11 is 3.41. The van der Waals surface area contributed by atoms with Crippen molar-refractivity contribution in [2.75, 3.05) is 17.1 Å². The van der Waals surface area contributed by atoms with E-state index in [-0.39, 0.29) is 18.5 Å². The summed E-state index contributed by atoms with van der Waals surface area (Å²) in [6, 6.07) is 9.15. The minimum Gasteiger partial charge on any atom is -0.348 e. The van der Waals surface area contributed by atoms with Crippen molar-refractivity contribution in [2.24, 2.45) is 0 Å². The number of anilines is 1. The predicted molar refractivity (Wildman–Crippen MR) is 118 cm³/mol. The lowest BCUT2D eigenvalue weighted by molar-refractivity contribution is -0.120. The number of rotatable bonds is 6. The number of benzene rings is 2. The number of aryl methyl sites for hydroxylation is 4. The third-order valence-corrected chi connectivity index (χ3v) is 6.87. The molecule has 0 aliphatic heterocycles. The molecule has 28 heavy (non-hydrogen) atoms. The van der Waals surface area contributed by atoms with Gasteiger partial charge in [-0.1, -0.05) is 28.1 Å². The quantitative estimate of drug-likeness (QED) is 0.688. The van der Waals surface area contributed by atoms with Crippen LogP contribution in [0.1, 0.15) is 40.8 Å². The van der Waals surface area contributed by atoms with Crippen molar-refractivity contribution >= 4 is 37.5 Å². The first kappa shape index (κ1) is 22.4. The summed E-state index contributed by atoms with van der Waals surface area (Å²) in [4.78, 5) is 12.6. The maximum absolute atomic E-state index is 12.6. The van der Waals surface area contributed by atoms with Gasteiger partial charge in [0.1, 0.15) is 6.54 Å².